The number of hydrogen-bond donors (Lipinski definition) is 2. The number of H-pyrrole nitrogens is 1. The van der Waals surface area contributed by atoms with Gasteiger partial charge in [-0.15, -0.1) is 0 Å². The van der Waals surface area contributed by atoms with Crippen molar-refractivity contribution in [2.75, 3.05) is 11.5 Å². The number of nitrogen functional groups attached to an aromatic ring is 1. The van der Waals surface area contributed by atoms with Crippen molar-refractivity contribution >= 4 is 17.6 Å². The van der Waals surface area contributed by atoms with Gasteiger partial charge >= 0.3 is 0 Å². The minimum absolute atomic E-state index is 0.411. The Morgan fingerprint density at radius 1 is 1.53 bits per heavy atom. The SMILES string of the molecule is CC(C)CSCc1noc(-c2cc(N)n[nH]2)n1. The number of nitrogens with two attached hydrogens (primary N) is 1. The Kier molecular flexibility index (Phi) is 3.68. The van der Waals surface area contributed by atoms with Crippen molar-refractivity contribution in [1.82, 2.24) is 20.3 Å². The van der Waals surface area contributed by atoms with E-state index in [0.717, 1.165) is 11.5 Å². The lowest BCUT2D eigenvalue weighted by Crippen LogP contribution is -1.92. The van der Waals surface area contributed by atoms with Crippen LogP contribution in [0.5, 0.6) is 0 Å². The molecule has 2 heterocycles. The molecule has 3 N–H and O–H groups in total. The number of anilines is 1. The standard InChI is InChI=1S/C10H15N5OS/c1-6(2)4-17-5-9-12-10(16-15-9)7-3-8(11)14-13-7/h3,6H,4-5H2,1-2H3,(H3,11,13,14). The van der Waals surface area contributed by atoms with E-state index in [-0.39, 0.29) is 0 Å². The summed E-state index contributed by atoms with van der Waals surface area (Å²) in [4.78, 5) is 4.27. The van der Waals surface area contributed by atoms with Crippen LogP contribution in [0, 0.1) is 5.92 Å². The van der Waals surface area contributed by atoms with Gasteiger partial charge in [0.25, 0.3) is 5.89 Å². The van der Waals surface area contributed by atoms with Gasteiger partial charge in [-0.3, -0.25) is 5.10 Å². The van der Waals surface area contributed by atoms with Crippen LogP contribution in [0.15, 0.2) is 10.6 Å². The number of nitrogens with one attached hydrogen (secondary N) is 1. The predicted octanol–water partition coefficient (Wildman–Crippen LogP) is 1.93. The molecule has 7 heteroatoms. The van der Waals surface area contributed by atoms with Gasteiger partial charge in [0.05, 0.1) is 5.75 Å². The van der Waals surface area contributed by atoms with Crippen LogP contribution in [0.2, 0.25) is 0 Å². The molecular weight excluding hydrogens is 238 g/mol. The highest BCUT2D eigenvalue weighted by Crippen LogP contribution is 2.18. The van der Waals surface area contributed by atoms with Crippen molar-refractivity contribution in [1.29, 1.82) is 0 Å². The van der Waals surface area contributed by atoms with Crippen molar-refractivity contribution in [2.24, 2.45) is 5.92 Å². The van der Waals surface area contributed by atoms with Crippen molar-refractivity contribution in [3.63, 3.8) is 0 Å². The Hall–Kier alpha value is -1.50. The van der Waals surface area contributed by atoms with Crippen LogP contribution in [0.1, 0.15) is 19.7 Å². The monoisotopic (exact) mass is 253 g/mol. The molecule has 0 amide bonds. The molecule has 17 heavy (non-hydrogen) atoms. The highest BCUT2D eigenvalue weighted by atomic mass is 32.2. The molecule has 0 radical (unpaired) electrons. The second kappa shape index (κ2) is 5.22. The summed E-state index contributed by atoms with van der Waals surface area (Å²) in [6.07, 6.45) is 0. The first-order valence-electron chi connectivity index (χ1n) is 5.36. The fraction of sp³-hybridized carbons (Fsp3) is 0.500. The molecule has 2 aromatic heterocycles. The van der Waals surface area contributed by atoms with E-state index in [1.165, 1.54) is 0 Å². The molecule has 92 valence electrons. The topological polar surface area (TPSA) is 93.6 Å². The Morgan fingerprint density at radius 2 is 2.35 bits per heavy atom. The molecule has 0 atom stereocenters. The summed E-state index contributed by atoms with van der Waals surface area (Å²) in [5.41, 5.74) is 6.15. The zero-order chi connectivity index (χ0) is 12.3. The molecule has 0 fully saturated rings. The Morgan fingerprint density at radius 3 is 3.00 bits per heavy atom. The van der Waals surface area contributed by atoms with Crippen molar-refractivity contribution in [2.45, 2.75) is 19.6 Å². The maximum atomic E-state index is 5.50. The molecule has 0 saturated heterocycles. The zero-order valence-corrected chi connectivity index (χ0v) is 10.6. The smallest absolute Gasteiger partial charge is 0.276 e. The van der Waals surface area contributed by atoms with Gasteiger partial charge in [-0.05, 0) is 11.7 Å². The normalized spacial score (nSPS) is 11.2. The molecule has 0 spiro atoms. The first-order chi connectivity index (χ1) is 8.15. The largest absolute Gasteiger partial charge is 0.382 e. The Labute approximate surface area is 103 Å². The minimum atomic E-state index is 0.411. The lowest BCUT2D eigenvalue weighted by atomic mass is 10.3. The van der Waals surface area contributed by atoms with Crippen LogP contribution < -0.4 is 5.73 Å². The maximum Gasteiger partial charge on any atom is 0.276 e. The van der Waals surface area contributed by atoms with Gasteiger partial charge in [0.2, 0.25) is 0 Å². The first kappa shape index (κ1) is 12.0. The van der Waals surface area contributed by atoms with Crippen molar-refractivity contribution < 1.29 is 4.52 Å². The highest BCUT2D eigenvalue weighted by molar-refractivity contribution is 7.98. The van der Waals surface area contributed by atoms with Gasteiger partial charge in [0.1, 0.15) is 11.5 Å². The van der Waals surface area contributed by atoms with Gasteiger partial charge < -0.3 is 10.3 Å². The van der Waals surface area contributed by atoms with Crippen LogP contribution in [-0.2, 0) is 5.75 Å². The lowest BCUT2D eigenvalue weighted by Gasteiger charge is -2.00. The summed E-state index contributed by atoms with van der Waals surface area (Å²) in [6.45, 7) is 4.37. The minimum Gasteiger partial charge on any atom is -0.382 e. The number of aromatic amines is 1. The summed E-state index contributed by atoms with van der Waals surface area (Å²) in [5, 5.41) is 10.4. The molecule has 6 nitrogen and oxygen atoms in total. The molecule has 0 saturated carbocycles. The van der Waals surface area contributed by atoms with E-state index in [1.54, 1.807) is 17.8 Å². The number of nitrogens with zero attached hydrogens (tertiary/aromatic N) is 3. The second-order valence-electron chi connectivity index (χ2n) is 4.13. The van der Waals surface area contributed by atoms with Crippen LogP contribution >= 0.6 is 11.8 Å². The van der Waals surface area contributed by atoms with E-state index >= 15 is 0 Å². The molecule has 2 aromatic rings. The van der Waals surface area contributed by atoms with Crippen LogP contribution in [0.25, 0.3) is 11.6 Å². The van der Waals surface area contributed by atoms with Gasteiger partial charge in [-0.2, -0.15) is 21.8 Å². The molecule has 0 aliphatic rings. The number of aromatic nitrogens is 4. The molecule has 0 bridgehead atoms. The molecule has 0 aromatic carbocycles. The summed E-state index contributed by atoms with van der Waals surface area (Å²) in [5.74, 6) is 4.03. The fourth-order valence-electron chi connectivity index (χ4n) is 1.25. The number of thioether (sulfide) groups is 1. The number of rotatable bonds is 5. The van der Waals surface area contributed by atoms with Crippen LogP contribution in [-0.4, -0.2) is 26.1 Å². The van der Waals surface area contributed by atoms with E-state index in [4.69, 9.17) is 10.3 Å². The molecule has 0 unspecified atom stereocenters. The summed E-state index contributed by atoms with van der Waals surface area (Å²) >= 11 is 1.79. The number of hydrogen-bond acceptors (Lipinski definition) is 6. The maximum absolute atomic E-state index is 5.50. The average Bonchev–Trinajstić information content (AvgIpc) is 2.86. The van der Waals surface area contributed by atoms with Crippen molar-refractivity contribution in [3.05, 3.63) is 11.9 Å². The van der Waals surface area contributed by atoms with E-state index in [2.05, 4.69) is 34.2 Å². The third kappa shape index (κ3) is 3.23. The van der Waals surface area contributed by atoms with E-state index in [0.29, 0.717) is 29.1 Å². The Bertz CT molecular complexity index is 479. The lowest BCUT2D eigenvalue weighted by molar-refractivity contribution is 0.424. The van der Waals surface area contributed by atoms with E-state index < -0.39 is 0 Å². The van der Waals surface area contributed by atoms with Crippen LogP contribution in [0.3, 0.4) is 0 Å². The average molecular weight is 253 g/mol. The van der Waals surface area contributed by atoms with Gasteiger partial charge in [0, 0.05) is 6.07 Å². The molecule has 0 aliphatic heterocycles. The summed E-state index contributed by atoms with van der Waals surface area (Å²) < 4.78 is 5.12. The molecule has 0 aliphatic carbocycles. The van der Waals surface area contributed by atoms with E-state index in [9.17, 15) is 0 Å². The zero-order valence-electron chi connectivity index (χ0n) is 9.80. The third-order valence-electron chi connectivity index (χ3n) is 1.98. The summed E-state index contributed by atoms with van der Waals surface area (Å²) in [6, 6.07) is 1.67. The van der Waals surface area contributed by atoms with Crippen LogP contribution in [0.4, 0.5) is 5.82 Å². The third-order valence-corrected chi connectivity index (χ3v) is 3.34. The Balaban J connectivity index is 1.96. The predicted molar refractivity (Wildman–Crippen MR) is 67.3 cm³/mol. The van der Waals surface area contributed by atoms with Crippen molar-refractivity contribution in [3.8, 4) is 11.6 Å². The van der Waals surface area contributed by atoms with Gasteiger partial charge in [-0.1, -0.05) is 19.0 Å². The summed E-state index contributed by atoms with van der Waals surface area (Å²) in [7, 11) is 0. The molecular formula is C10H15N5OS. The molecule has 2 rings (SSSR count). The van der Waals surface area contributed by atoms with Gasteiger partial charge in [0.15, 0.2) is 5.82 Å². The highest BCUT2D eigenvalue weighted by Gasteiger charge is 2.11. The first-order valence-corrected chi connectivity index (χ1v) is 6.52. The van der Waals surface area contributed by atoms with Gasteiger partial charge in [-0.25, -0.2) is 0 Å². The second-order valence-corrected chi connectivity index (χ2v) is 5.16. The fourth-order valence-corrected chi connectivity index (χ4v) is 2.14. The van der Waals surface area contributed by atoms with E-state index in [1.807, 2.05) is 0 Å². The quantitative estimate of drug-likeness (QED) is 0.845.